The molecular formula is C18H19FN2OS. The number of nitrogens with zero attached hydrogens (tertiary/aromatic N) is 1. The van der Waals surface area contributed by atoms with E-state index < -0.39 is 0 Å². The molecular weight excluding hydrogens is 311 g/mol. The lowest BCUT2D eigenvalue weighted by atomic mass is 10.2. The third kappa shape index (κ3) is 3.29. The Morgan fingerprint density at radius 2 is 2.13 bits per heavy atom. The number of amides is 1. The van der Waals surface area contributed by atoms with Gasteiger partial charge < -0.3 is 9.88 Å². The number of nitrogens with one attached hydrogen (secondary N) is 1. The maximum atomic E-state index is 13.5. The van der Waals surface area contributed by atoms with Crippen molar-refractivity contribution < 1.29 is 9.18 Å². The number of hydrogen-bond acceptors (Lipinski definition) is 2. The van der Waals surface area contributed by atoms with Crippen molar-refractivity contribution in [2.45, 2.75) is 26.8 Å². The number of carbonyl (C=O) groups is 1. The number of benzene rings is 1. The van der Waals surface area contributed by atoms with Gasteiger partial charge in [-0.05, 0) is 43.2 Å². The molecule has 0 bridgehead atoms. The maximum absolute atomic E-state index is 13.5. The smallest absolute Gasteiger partial charge is 0.267 e. The second-order valence-corrected chi connectivity index (χ2v) is 6.90. The Balaban J connectivity index is 2.02. The molecule has 3 aromatic rings. The first-order valence-corrected chi connectivity index (χ1v) is 8.52. The summed E-state index contributed by atoms with van der Waals surface area (Å²) in [5.74, 6) is -0.339. The van der Waals surface area contributed by atoms with Crippen molar-refractivity contribution in [2.75, 3.05) is 6.54 Å². The number of aryl methyl sites for hydroxylation is 1. The minimum absolute atomic E-state index is 0.0793. The number of carbonyl (C=O) groups excluding carboxylic acids is 1. The lowest BCUT2D eigenvalue weighted by Gasteiger charge is -2.11. The van der Waals surface area contributed by atoms with Gasteiger partial charge in [-0.15, -0.1) is 11.3 Å². The summed E-state index contributed by atoms with van der Waals surface area (Å²) in [7, 11) is 0. The largest absolute Gasteiger partial charge is 0.351 e. The van der Waals surface area contributed by atoms with Crippen LogP contribution in [0.2, 0.25) is 0 Å². The van der Waals surface area contributed by atoms with E-state index in [1.54, 1.807) is 17.4 Å². The molecule has 0 aliphatic carbocycles. The highest BCUT2D eigenvalue weighted by molar-refractivity contribution is 7.19. The monoisotopic (exact) mass is 330 g/mol. The summed E-state index contributed by atoms with van der Waals surface area (Å²) in [5, 5.41) is 2.92. The van der Waals surface area contributed by atoms with Crippen molar-refractivity contribution in [1.29, 1.82) is 0 Å². The van der Waals surface area contributed by atoms with Crippen LogP contribution < -0.4 is 5.32 Å². The Kier molecular flexibility index (Phi) is 4.48. The molecule has 0 unspecified atom stereocenters. The number of fused-ring (bicyclic) bond motifs is 1. The lowest BCUT2D eigenvalue weighted by Crippen LogP contribution is -2.26. The van der Waals surface area contributed by atoms with Crippen LogP contribution in [0, 0.1) is 12.7 Å². The van der Waals surface area contributed by atoms with Crippen LogP contribution in [0.4, 0.5) is 4.39 Å². The van der Waals surface area contributed by atoms with Crippen molar-refractivity contribution in [1.82, 2.24) is 9.88 Å². The number of halogens is 1. The quantitative estimate of drug-likeness (QED) is 0.742. The third-order valence-electron chi connectivity index (χ3n) is 3.71. The highest BCUT2D eigenvalue weighted by Crippen LogP contribution is 2.29. The molecule has 0 saturated carbocycles. The van der Waals surface area contributed by atoms with Crippen molar-refractivity contribution >= 4 is 27.5 Å². The van der Waals surface area contributed by atoms with E-state index in [1.807, 2.05) is 30.5 Å². The fraction of sp³-hybridized carbons (Fsp3) is 0.278. The standard InChI is InChI=1S/C18H19FN2OS/c1-3-7-20-18(22)16-10-17-15(8-12(2)23-17)21(16)11-13-5-4-6-14(19)9-13/h4-6,8-10H,3,7,11H2,1-2H3,(H,20,22). The molecule has 0 aliphatic rings. The summed E-state index contributed by atoms with van der Waals surface area (Å²) in [6.07, 6.45) is 0.893. The molecule has 3 nitrogen and oxygen atoms in total. The van der Waals surface area contributed by atoms with Crippen LogP contribution in [0.5, 0.6) is 0 Å². The van der Waals surface area contributed by atoms with Gasteiger partial charge in [0.05, 0.1) is 10.2 Å². The molecule has 0 radical (unpaired) electrons. The Bertz CT molecular complexity index is 850. The summed E-state index contributed by atoms with van der Waals surface area (Å²) in [4.78, 5) is 13.6. The zero-order chi connectivity index (χ0) is 16.4. The van der Waals surface area contributed by atoms with Crippen molar-refractivity contribution in [2.24, 2.45) is 0 Å². The molecule has 2 aromatic heterocycles. The Labute approximate surface area is 138 Å². The van der Waals surface area contributed by atoms with Crippen molar-refractivity contribution in [3.8, 4) is 0 Å². The van der Waals surface area contributed by atoms with Gasteiger partial charge in [-0.3, -0.25) is 4.79 Å². The molecule has 0 aliphatic heterocycles. The molecule has 1 aromatic carbocycles. The minimum Gasteiger partial charge on any atom is -0.351 e. The van der Waals surface area contributed by atoms with E-state index in [4.69, 9.17) is 0 Å². The van der Waals surface area contributed by atoms with Gasteiger partial charge in [0.15, 0.2) is 0 Å². The van der Waals surface area contributed by atoms with Gasteiger partial charge in [0, 0.05) is 18.0 Å². The number of rotatable bonds is 5. The minimum atomic E-state index is -0.260. The number of aromatic nitrogens is 1. The second-order valence-electron chi connectivity index (χ2n) is 5.61. The van der Waals surface area contributed by atoms with Crippen molar-refractivity contribution in [3.63, 3.8) is 0 Å². The molecule has 0 atom stereocenters. The zero-order valence-corrected chi connectivity index (χ0v) is 14.0. The van der Waals surface area contributed by atoms with E-state index in [-0.39, 0.29) is 11.7 Å². The van der Waals surface area contributed by atoms with Gasteiger partial charge in [-0.1, -0.05) is 19.1 Å². The molecule has 1 amide bonds. The summed E-state index contributed by atoms with van der Waals surface area (Å²) in [6, 6.07) is 10.5. The Hall–Kier alpha value is -2.14. The second kappa shape index (κ2) is 6.54. The van der Waals surface area contributed by atoms with Gasteiger partial charge >= 0.3 is 0 Å². The van der Waals surface area contributed by atoms with Crippen LogP contribution in [0.3, 0.4) is 0 Å². The molecule has 23 heavy (non-hydrogen) atoms. The van der Waals surface area contributed by atoms with Crippen LogP contribution in [0.15, 0.2) is 36.4 Å². The fourth-order valence-corrected chi connectivity index (χ4v) is 3.63. The highest BCUT2D eigenvalue weighted by atomic mass is 32.1. The topological polar surface area (TPSA) is 34.0 Å². The zero-order valence-electron chi connectivity index (χ0n) is 13.2. The van der Waals surface area contributed by atoms with E-state index in [2.05, 4.69) is 11.4 Å². The normalized spacial score (nSPS) is 11.1. The Morgan fingerprint density at radius 1 is 1.30 bits per heavy atom. The highest BCUT2D eigenvalue weighted by Gasteiger charge is 2.17. The maximum Gasteiger partial charge on any atom is 0.267 e. The van der Waals surface area contributed by atoms with Crippen molar-refractivity contribution in [3.05, 3.63) is 58.3 Å². The van der Waals surface area contributed by atoms with Crippen LogP contribution in [-0.2, 0) is 6.54 Å². The fourth-order valence-electron chi connectivity index (χ4n) is 2.67. The van der Waals surface area contributed by atoms with Crippen LogP contribution >= 0.6 is 11.3 Å². The number of hydrogen-bond donors (Lipinski definition) is 1. The van der Waals surface area contributed by atoms with Gasteiger partial charge in [-0.25, -0.2) is 4.39 Å². The number of thiophene rings is 1. The molecule has 0 saturated heterocycles. The molecule has 3 rings (SSSR count). The van der Waals surface area contributed by atoms with Crippen LogP contribution in [0.25, 0.3) is 10.2 Å². The molecule has 2 heterocycles. The van der Waals surface area contributed by atoms with Crippen LogP contribution in [-0.4, -0.2) is 17.0 Å². The third-order valence-corrected chi connectivity index (χ3v) is 4.70. The lowest BCUT2D eigenvalue weighted by molar-refractivity contribution is 0.0945. The van der Waals surface area contributed by atoms with Gasteiger partial charge in [0.2, 0.25) is 0 Å². The van der Waals surface area contributed by atoms with Gasteiger partial charge in [0.25, 0.3) is 5.91 Å². The molecule has 0 spiro atoms. The van der Waals surface area contributed by atoms with E-state index in [0.717, 1.165) is 22.2 Å². The van der Waals surface area contributed by atoms with E-state index in [1.165, 1.54) is 17.0 Å². The SMILES string of the molecule is CCCNC(=O)c1cc2sc(C)cc2n1Cc1cccc(F)c1. The van der Waals surface area contributed by atoms with Gasteiger partial charge in [-0.2, -0.15) is 0 Å². The van der Waals surface area contributed by atoms with Gasteiger partial charge in [0.1, 0.15) is 11.5 Å². The molecule has 5 heteroatoms. The Morgan fingerprint density at radius 3 is 2.87 bits per heavy atom. The van der Waals surface area contributed by atoms with E-state index >= 15 is 0 Å². The first-order valence-electron chi connectivity index (χ1n) is 7.71. The average molecular weight is 330 g/mol. The molecule has 1 N–H and O–H groups in total. The molecule has 0 fully saturated rings. The van der Waals surface area contributed by atoms with E-state index in [0.29, 0.717) is 18.8 Å². The van der Waals surface area contributed by atoms with Crippen LogP contribution in [0.1, 0.15) is 34.3 Å². The summed E-state index contributed by atoms with van der Waals surface area (Å²) in [6.45, 7) is 5.20. The summed E-state index contributed by atoms with van der Waals surface area (Å²) >= 11 is 1.67. The predicted octanol–water partition coefficient (Wildman–Crippen LogP) is 4.34. The average Bonchev–Trinajstić information content (AvgIpc) is 3.02. The molecule has 120 valence electrons. The first kappa shape index (κ1) is 15.7. The predicted molar refractivity (Wildman–Crippen MR) is 92.7 cm³/mol. The first-order chi connectivity index (χ1) is 11.1. The van der Waals surface area contributed by atoms with E-state index in [9.17, 15) is 9.18 Å². The summed E-state index contributed by atoms with van der Waals surface area (Å²) < 4.78 is 16.5. The summed E-state index contributed by atoms with van der Waals surface area (Å²) in [5.41, 5.74) is 2.50.